The third-order valence-corrected chi connectivity index (χ3v) is 3.64. The van der Waals surface area contributed by atoms with Crippen molar-refractivity contribution in [2.75, 3.05) is 14.2 Å². The molecule has 2 aromatic carbocycles. The van der Waals surface area contributed by atoms with Crippen LogP contribution in [0.5, 0.6) is 11.5 Å². The molecule has 0 aliphatic carbocycles. The number of hydrogen-bond donors (Lipinski definition) is 0. The van der Waals surface area contributed by atoms with Crippen molar-refractivity contribution in [3.63, 3.8) is 0 Å². The van der Waals surface area contributed by atoms with Gasteiger partial charge in [-0.15, -0.1) is 0 Å². The number of halogens is 2. The Kier molecular flexibility index (Phi) is 4.68. The molecule has 0 amide bonds. The number of benzene rings is 2. The Balaban J connectivity index is 2.45. The molecule has 0 aliphatic heterocycles. The fourth-order valence-electron chi connectivity index (χ4n) is 1.80. The van der Waals surface area contributed by atoms with Crippen LogP contribution in [0.15, 0.2) is 40.9 Å². The van der Waals surface area contributed by atoms with Gasteiger partial charge in [0.2, 0.25) is 0 Å². The largest absolute Gasteiger partial charge is 0.493 e. The van der Waals surface area contributed by atoms with E-state index in [9.17, 15) is 4.79 Å². The van der Waals surface area contributed by atoms with Crippen molar-refractivity contribution >= 4 is 33.3 Å². The molecule has 0 bridgehead atoms. The lowest BCUT2D eigenvalue weighted by atomic mass is 10.0. The van der Waals surface area contributed by atoms with E-state index in [4.69, 9.17) is 21.1 Å². The summed E-state index contributed by atoms with van der Waals surface area (Å²) in [5, 5.41) is 0.410. The smallest absolute Gasteiger partial charge is 0.194 e. The van der Waals surface area contributed by atoms with Crippen LogP contribution in [-0.4, -0.2) is 20.0 Å². The summed E-state index contributed by atoms with van der Waals surface area (Å²) in [6.07, 6.45) is 0. The quantitative estimate of drug-likeness (QED) is 0.765. The molecule has 104 valence electrons. The number of hydrogen-bond acceptors (Lipinski definition) is 3. The first-order chi connectivity index (χ1) is 9.56. The maximum Gasteiger partial charge on any atom is 0.194 e. The number of methoxy groups -OCH3 is 2. The number of ether oxygens (including phenoxy) is 2. The Labute approximate surface area is 130 Å². The van der Waals surface area contributed by atoms with E-state index < -0.39 is 0 Å². The van der Waals surface area contributed by atoms with Crippen LogP contribution in [-0.2, 0) is 0 Å². The minimum absolute atomic E-state index is 0.169. The molecule has 0 unspecified atom stereocenters. The van der Waals surface area contributed by atoms with Crippen molar-refractivity contribution in [2.24, 2.45) is 0 Å². The highest BCUT2D eigenvalue weighted by Gasteiger charge is 2.15. The van der Waals surface area contributed by atoms with Crippen LogP contribution < -0.4 is 9.47 Å². The van der Waals surface area contributed by atoms with E-state index in [2.05, 4.69) is 15.9 Å². The van der Waals surface area contributed by atoms with Gasteiger partial charge in [-0.3, -0.25) is 4.79 Å². The average molecular weight is 356 g/mol. The molecule has 0 fully saturated rings. The second-order valence-corrected chi connectivity index (χ2v) is 5.35. The van der Waals surface area contributed by atoms with E-state index in [0.717, 1.165) is 4.47 Å². The molecule has 0 heterocycles. The first kappa shape index (κ1) is 14.9. The molecule has 0 saturated carbocycles. The van der Waals surface area contributed by atoms with Crippen molar-refractivity contribution in [2.45, 2.75) is 0 Å². The minimum Gasteiger partial charge on any atom is -0.493 e. The molecule has 0 saturated heterocycles. The van der Waals surface area contributed by atoms with Crippen molar-refractivity contribution in [1.29, 1.82) is 0 Å². The zero-order chi connectivity index (χ0) is 14.7. The molecule has 2 rings (SSSR count). The van der Waals surface area contributed by atoms with E-state index in [1.165, 1.54) is 7.11 Å². The lowest BCUT2D eigenvalue weighted by Gasteiger charge is -2.10. The summed E-state index contributed by atoms with van der Waals surface area (Å²) in [4.78, 5) is 12.5. The number of rotatable bonds is 4. The third-order valence-electron chi connectivity index (χ3n) is 2.82. The molecule has 0 aromatic heterocycles. The van der Waals surface area contributed by atoms with Crippen LogP contribution in [0.1, 0.15) is 15.9 Å². The first-order valence-corrected chi connectivity index (χ1v) is 6.95. The van der Waals surface area contributed by atoms with Crippen molar-refractivity contribution < 1.29 is 14.3 Å². The van der Waals surface area contributed by atoms with Gasteiger partial charge in [0, 0.05) is 15.6 Å². The van der Waals surface area contributed by atoms with Gasteiger partial charge in [0.05, 0.1) is 19.2 Å². The van der Waals surface area contributed by atoms with Gasteiger partial charge < -0.3 is 9.47 Å². The Hall–Kier alpha value is -1.52. The Morgan fingerprint density at radius 2 is 1.75 bits per heavy atom. The lowest BCUT2D eigenvalue weighted by molar-refractivity contribution is 0.103. The van der Waals surface area contributed by atoms with Crippen molar-refractivity contribution in [1.82, 2.24) is 0 Å². The van der Waals surface area contributed by atoms with Crippen LogP contribution in [0.2, 0.25) is 5.02 Å². The van der Waals surface area contributed by atoms with Gasteiger partial charge in [0.1, 0.15) is 0 Å². The maximum absolute atomic E-state index is 12.5. The summed E-state index contributed by atoms with van der Waals surface area (Å²) in [5.41, 5.74) is 0.927. The molecule has 0 N–H and O–H groups in total. The van der Waals surface area contributed by atoms with E-state index in [0.29, 0.717) is 27.6 Å². The Morgan fingerprint density at radius 1 is 1.05 bits per heavy atom. The molecular formula is C15H12BrClO3. The van der Waals surface area contributed by atoms with Crippen LogP contribution in [0, 0.1) is 0 Å². The summed E-state index contributed by atoms with van der Waals surface area (Å²) in [7, 11) is 3.07. The molecular weight excluding hydrogens is 344 g/mol. The van der Waals surface area contributed by atoms with E-state index >= 15 is 0 Å². The van der Waals surface area contributed by atoms with Gasteiger partial charge >= 0.3 is 0 Å². The van der Waals surface area contributed by atoms with Crippen LogP contribution >= 0.6 is 27.5 Å². The molecule has 0 aliphatic rings. The molecule has 0 spiro atoms. The highest BCUT2D eigenvalue weighted by Crippen LogP contribution is 2.30. The molecule has 2 aromatic rings. The van der Waals surface area contributed by atoms with Gasteiger partial charge in [-0.25, -0.2) is 0 Å². The number of ketones is 1. The zero-order valence-electron chi connectivity index (χ0n) is 10.9. The van der Waals surface area contributed by atoms with Gasteiger partial charge in [0.25, 0.3) is 0 Å². The standard InChI is InChI=1S/C15H12BrClO3/c1-19-13-6-3-9(7-14(13)20-2)15(18)11-8-10(16)4-5-12(11)17/h3-8H,1-2H3. The molecule has 5 heteroatoms. The number of carbonyl (C=O) groups is 1. The van der Waals surface area contributed by atoms with Crippen LogP contribution in [0.4, 0.5) is 0 Å². The van der Waals surface area contributed by atoms with E-state index in [1.807, 2.05) is 0 Å². The number of carbonyl (C=O) groups excluding carboxylic acids is 1. The normalized spacial score (nSPS) is 10.2. The highest BCUT2D eigenvalue weighted by atomic mass is 79.9. The highest BCUT2D eigenvalue weighted by molar-refractivity contribution is 9.10. The van der Waals surface area contributed by atoms with E-state index in [1.54, 1.807) is 43.5 Å². The van der Waals surface area contributed by atoms with Crippen molar-refractivity contribution in [3.05, 3.63) is 57.0 Å². The second kappa shape index (κ2) is 6.29. The maximum atomic E-state index is 12.5. The third kappa shape index (κ3) is 2.97. The minimum atomic E-state index is -0.169. The average Bonchev–Trinajstić information content (AvgIpc) is 2.48. The van der Waals surface area contributed by atoms with Crippen molar-refractivity contribution in [3.8, 4) is 11.5 Å². The van der Waals surface area contributed by atoms with E-state index in [-0.39, 0.29) is 5.78 Å². The zero-order valence-corrected chi connectivity index (χ0v) is 13.3. The van der Waals surface area contributed by atoms with Gasteiger partial charge in [-0.1, -0.05) is 27.5 Å². The molecule has 0 atom stereocenters. The Morgan fingerprint density at radius 3 is 2.40 bits per heavy atom. The SMILES string of the molecule is COc1ccc(C(=O)c2cc(Br)ccc2Cl)cc1OC. The van der Waals surface area contributed by atoms with Gasteiger partial charge in [-0.2, -0.15) is 0 Å². The summed E-state index contributed by atoms with van der Waals surface area (Å²) in [6, 6.07) is 10.2. The monoisotopic (exact) mass is 354 g/mol. The molecule has 20 heavy (non-hydrogen) atoms. The van der Waals surface area contributed by atoms with Gasteiger partial charge in [-0.05, 0) is 36.4 Å². The fraction of sp³-hybridized carbons (Fsp3) is 0.133. The first-order valence-electron chi connectivity index (χ1n) is 5.78. The summed E-state index contributed by atoms with van der Waals surface area (Å²) in [5.74, 6) is 0.908. The molecule has 3 nitrogen and oxygen atoms in total. The topological polar surface area (TPSA) is 35.5 Å². The summed E-state index contributed by atoms with van der Waals surface area (Å²) < 4.78 is 11.1. The summed E-state index contributed by atoms with van der Waals surface area (Å²) in [6.45, 7) is 0. The summed E-state index contributed by atoms with van der Waals surface area (Å²) >= 11 is 9.41. The second-order valence-electron chi connectivity index (χ2n) is 4.02. The van der Waals surface area contributed by atoms with Crippen LogP contribution in [0.3, 0.4) is 0 Å². The Bertz CT molecular complexity index is 656. The predicted molar refractivity (Wildman–Crippen MR) is 82.1 cm³/mol. The fourth-order valence-corrected chi connectivity index (χ4v) is 2.37. The lowest BCUT2D eigenvalue weighted by Crippen LogP contribution is -2.03. The molecule has 0 radical (unpaired) electrons. The predicted octanol–water partition coefficient (Wildman–Crippen LogP) is 4.35. The van der Waals surface area contributed by atoms with Crippen LogP contribution in [0.25, 0.3) is 0 Å². The van der Waals surface area contributed by atoms with Gasteiger partial charge in [0.15, 0.2) is 17.3 Å².